The van der Waals surface area contributed by atoms with Crippen molar-refractivity contribution in [3.8, 4) is 0 Å². The van der Waals surface area contributed by atoms with Crippen molar-refractivity contribution in [2.24, 2.45) is 0 Å². The van der Waals surface area contributed by atoms with Gasteiger partial charge >= 0.3 is 0 Å². The third-order valence-corrected chi connectivity index (χ3v) is 2.39. The van der Waals surface area contributed by atoms with E-state index >= 15 is 0 Å². The van der Waals surface area contributed by atoms with Gasteiger partial charge in [0.2, 0.25) is 0 Å². The maximum atomic E-state index is 11.7. The SMILES string of the molecule is Cc1ccc(C(=O)NC(C=O)CCC=O)cc1. The number of hydrogen-bond donors (Lipinski definition) is 1. The van der Waals surface area contributed by atoms with Crippen LogP contribution in [0, 0.1) is 6.92 Å². The second-order valence-corrected chi connectivity index (χ2v) is 3.83. The van der Waals surface area contributed by atoms with Crippen LogP contribution < -0.4 is 5.32 Å². The lowest BCUT2D eigenvalue weighted by Gasteiger charge is -2.11. The highest BCUT2D eigenvalue weighted by molar-refractivity contribution is 5.95. The van der Waals surface area contributed by atoms with Gasteiger partial charge in [-0.2, -0.15) is 0 Å². The summed E-state index contributed by atoms with van der Waals surface area (Å²) in [5.41, 5.74) is 1.57. The van der Waals surface area contributed by atoms with Gasteiger partial charge in [0.15, 0.2) is 0 Å². The van der Waals surface area contributed by atoms with Crippen LogP contribution in [0.2, 0.25) is 0 Å². The summed E-state index contributed by atoms with van der Waals surface area (Å²) in [6.45, 7) is 1.93. The van der Waals surface area contributed by atoms with Crippen molar-refractivity contribution in [3.63, 3.8) is 0 Å². The van der Waals surface area contributed by atoms with Crippen LogP contribution in [0.4, 0.5) is 0 Å². The van der Waals surface area contributed by atoms with Crippen molar-refractivity contribution >= 4 is 18.5 Å². The third kappa shape index (κ3) is 4.18. The number of carbonyl (C=O) groups excluding carboxylic acids is 3. The van der Waals surface area contributed by atoms with Gasteiger partial charge in [-0.25, -0.2) is 0 Å². The van der Waals surface area contributed by atoms with Crippen molar-refractivity contribution in [1.82, 2.24) is 5.32 Å². The lowest BCUT2D eigenvalue weighted by molar-refractivity contribution is -0.110. The van der Waals surface area contributed by atoms with E-state index in [1.165, 1.54) is 0 Å². The number of benzene rings is 1. The van der Waals surface area contributed by atoms with E-state index in [9.17, 15) is 14.4 Å². The normalized spacial score (nSPS) is 11.6. The van der Waals surface area contributed by atoms with Crippen molar-refractivity contribution in [1.29, 1.82) is 0 Å². The quantitative estimate of drug-likeness (QED) is 0.752. The molecule has 1 amide bonds. The lowest BCUT2D eigenvalue weighted by Crippen LogP contribution is -2.36. The summed E-state index contributed by atoms with van der Waals surface area (Å²) in [4.78, 5) is 32.6. The smallest absolute Gasteiger partial charge is 0.251 e. The number of aldehydes is 2. The molecule has 4 nitrogen and oxygen atoms in total. The number of amides is 1. The fraction of sp³-hybridized carbons (Fsp3) is 0.308. The summed E-state index contributed by atoms with van der Waals surface area (Å²) in [5.74, 6) is -0.298. The largest absolute Gasteiger partial charge is 0.343 e. The molecule has 17 heavy (non-hydrogen) atoms. The highest BCUT2D eigenvalue weighted by Gasteiger charge is 2.12. The van der Waals surface area contributed by atoms with Crippen LogP contribution in [0.15, 0.2) is 24.3 Å². The lowest BCUT2D eigenvalue weighted by atomic mass is 10.1. The Morgan fingerprint density at radius 2 is 1.94 bits per heavy atom. The molecular formula is C13H15NO3. The highest BCUT2D eigenvalue weighted by Crippen LogP contribution is 2.04. The predicted molar refractivity (Wildman–Crippen MR) is 63.8 cm³/mol. The van der Waals surface area contributed by atoms with Gasteiger partial charge in [-0.1, -0.05) is 17.7 Å². The first-order chi connectivity index (χ1) is 8.17. The Morgan fingerprint density at radius 3 is 2.47 bits per heavy atom. The van der Waals surface area contributed by atoms with E-state index in [2.05, 4.69) is 5.32 Å². The summed E-state index contributed by atoms with van der Waals surface area (Å²) in [7, 11) is 0. The van der Waals surface area contributed by atoms with Crippen LogP contribution in [0.1, 0.15) is 28.8 Å². The molecule has 0 aliphatic carbocycles. The molecule has 1 aromatic rings. The zero-order valence-electron chi connectivity index (χ0n) is 9.68. The molecule has 0 radical (unpaired) electrons. The van der Waals surface area contributed by atoms with Crippen molar-refractivity contribution in [2.45, 2.75) is 25.8 Å². The number of hydrogen-bond acceptors (Lipinski definition) is 3. The molecule has 0 aliphatic rings. The molecule has 0 saturated heterocycles. The van der Waals surface area contributed by atoms with Gasteiger partial charge in [-0.3, -0.25) is 4.79 Å². The maximum Gasteiger partial charge on any atom is 0.251 e. The average molecular weight is 233 g/mol. The molecule has 90 valence electrons. The summed E-state index contributed by atoms with van der Waals surface area (Å²) in [6.07, 6.45) is 1.98. The van der Waals surface area contributed by atoms with Crippen molar-refractivity contribution in [2.75, 3.05) is 0 Å². The Labute approximate surface area is 100 Å². The zero-order valence-corrected chi connectivity index (χ0v) is 9.68. The number of rotatable bonds is 6. The molecule has 1 N–H and O–H groups in total. The predicted octanol–water partition coefficient (Wildman–Crippen LogP) is 1.27. The molecule has 0 spiro atoms. The number of aryl methyl sites for hydroxylation is 1. The van der Waals surface area contributed by atoms with Crippen LogP contribution >= 0.6 is 0 Å². The second-order valence-electron chi connectivity index (χ2n) is 3.83. The summed E-state index contributed by atoms with van der Waals surface area (Å²) in [6, 6.07) is 6.46. The molecule has 1 atom stereocenters. The molecule has 0 heterocycles. The molecule has 0 aromatic heterocycles. The van der Waals surface area contributed by atoms with E-state index in [4.69, 9.17) is 0 Å². The topological polar surface area (TPSA) is 63.2 Å². The van der Waals surface area contributed by atoms with Crippen molar-refractivity contribution < 1.29 is 14.4 Å². The monoisotopic (exact) mass is 233 g/mol. The average Bonchev–Trinajstić information content (AvgIpc) is 2.35. The van der Waals surface area contributed by atoms with Gasteiger partial charge < -0.3 is 14.9 Å². The van der Waals surface area contributed by atoms with Crippen LogP contribution in [0.25, 0.3) is 0 Å². The summed E-state index contributed by atoms with van der Waals surface area (Å²) >= 11 is 0. The Hall–Kier alpha value is -1.97. The van der Waals surface area contributed by atoms with E-state index in [0.717, 1.165) is 11.8 Å². The van der Waals surface area contributed by atoms with E-state index in [1.807, 2.05) is 19.1 Å². The molecule has 0 bridgehead atoms. The van der Waals surface area contributed by atoms with Gasteiger partial charge in [0, 0.05) is 12.0 Å². The molecular weight excluding hydrogens is 218 g/mol. The van der Waals surface area contributed by atoms with Crippen LogP contribution in [0.5, 0.6) is 0 Å². The minimum Gasteiger partial charge on any atom is -0.343 e. The summed E-state index contributed by atoms with van der Waals surface area (Å²) in [5, 5.41) is 2.57. The van der Waals surface area contributed by atoms with Gasteiger partial charge in [-0.05, 0) is 25.5 Å². The fourth-order valence-electron chi connectivity index (χ4n) is 1.38. The molecule has 0 aliphatic heterocycles. The highest BCUT2D eigenvalue weighted by atomic mass is 16.2. The number of nitrogens with one attached hydrogen (secondary N) is 1. The third-order valence-electron chi connectivity index (χ3n) is 2.39. The fourth-order valence-corrected chi connectivity index (χ4v) is 1.38. The molecule has 1 aromatic carbocycles. The standard InChI is InChI=1S/C13H15NO3/c1-10-4-6-11(7-5-10)13(17)14-12(9-16)3-2-8-15/h4-9,12H,2-3H2,1H3,(H,14,17). The summed E-state index contributed by atoms with van der Waals surface area (Å²) < 4.78 is 0. The van der Waals surface area contributed by atoms with Crippen LogP contribution in [0.3, 0.4) is 0 Å². The van der Waals surface area contributed by atoms with Gasteiger partial charge in [0.1, 0.15) is 12.6 Å². The molecule has 1 unspecified atom stereocenters. The molecule has 4 heteroatoms. The van der Waals surface area contributed by atoms with E-state index < -0.39 is 6.04 Å². The van der Waals surface area contributed by atoms with Gasteiger partial charge in [0.05, 0.1) is 6.04 Å². The Kier molecular flexibility index (Phi) is 5.07. The molecule has 0 saturated carbocycles. The first-order valence-corrected chi connectivity index (χ1v) is 5.44. The zero-order chi connectivity index (χ0) is 12.7. The minimum absolute atomic E-state index is 0.261. The molecule has 0 fully saturated rings. The second kappa shape index (κ2) is 6.58. The van der Waals surface area contributed by atoms with E-state index in [0.29, 0.717) is 18.3 Å². The van der Waals surface area contributed by atoms with E-state index in [-0.39, 0.29) is 12.3 Å². The van der Waals surface area contributed by atoms with Crippen molar-refractivity contribution in [3.05, 3.63) is 35.4 Å². The van der Waals surface area contributed by atoms with Crippen LogP contribution in [-0.4, -0.2) is 24.5 Å². The van der Waals surface area contributed by atoms with Gasteiger partial charge in [-0.15, -0.1) is 0 Å². The minimum atomic E-state index is -0.603. The maximum absolute atomic E-state index is 11.7. The Morgan fingerprint density at radius 1 is 1.29 bits per heavy atom. The molecule has 1 rings (SSSR count). The Bertz CT molecular complexity index is 398. The van der Waals surface area contributed by atoms with Crippen LogP contribution in [-0.2, 0) is 9.59 Å². The Balaban J connectivity index is 2.60. The van der Waals surface area contributed by atoms with E-state index in [1.54, 1.807) is 12.1 Å². The van der Waals surface area contributed by atoms with Gasteiger partial charge in [0.25, 0.3) is 5.91 Å². The first kappa shape index (κ1) is 13.1. The number of carbonyl (C=O) groups is 3. The first-order valence-electron chi connectivity index (χ1n) is 5.44.